The van der Waals surface area contributed by atoms with E-state index >= 15 is 0 Å². The van der Waals surface area contributed by atoms with Crippen molar-refractivity contribution >= 4 is 11.6 Å². The summed E-state index contributed by atoms with van der Waals surface area (Å²) < 4.78 is 10.7. The Hall–Kier alpha value is -2.76. The quantitative estimate of drug-likeness (QED) is 0.848. The first-order valence-electron chi connectivity index (χ1n) is 8.95. The topological polar surface area (TPSA) is 54.9 Å². The van der Waals surface area contributed by atoms with Crippen molar-refractivity contribution in [3.05, 3.63) is 47.3 Å². The molecule has 6 nitrogen and oxygen atoms in total. The molecule has 1 aromatic carbocycles. The van der Waals surface area contributed by atoms with Crippen molar-refractivity contribution in [2.75, 3.05) is 37.9 Å². The first-order valence-corrected chi connectivity index (χ1v) is 8.95. The van der Waals surface area contributed by atoms with Gasteiger partial charge in [0.2, 0.25) is 12.7 Å². The third-order valence-corrected chi connectivity index (χ3v) is 4.86. The number of benzene rings is 1. The van der Waals surface area contributed by atoms with Crippen LogP contribution in [0.15, 0.2) is 30.3 Å². The number of fused-ring (bicyclic) bond motifs is 1. The van der Waals surface area contributed by atoms with Crippen LogP contribution in [0.1, 0.15) is 17.0 Å². The van der Waals surface area contributed by atoms with Gasteiger partial charge in [0.25, 0.3) is 0 Å². The van der Waals surface area contributed by atoms with Crippen molar-refractivity contribution in [1.29, 1.82) is 0 Å². The molecule has 2 aliphatic rings. The summed E-state index contributed by atoms with van der Waals surface area (Å²) in [6.45, 7) is 7.45. The van der Waals surface area contributed by atoms with Crippen LogP contribution < -0.4 is 14.4 Å². The maximum atomic E-state index is 12.6. The molecule has 0 atom stereocenters. The van der Waals surface area contributed by atoms with Crippen LogP contribution in [0.3, 0.4) is 0 Å². The minimum atomic E-state index is 0.158. The standard InChI is InChI=1S/C20H23N3O3/c1-14-9-17(10-15(2)21-14)22-5-7-23(8-6-22)20(24)12-16-3-4-18-19(11-16)26-13-25-18/h3-4,9-11H,5-8,12-13H2,1-2H3. The lowest BCUT2D eigenvalue weighted by atomic mass is 10.1. The molecule has 0 aliphatic carbocycles. The average Bonchev–Trinajstić information content (AvgIpc) is 3.09. The van der Waals surface area contributed by atoms with Gasteiger partial charge in [-0.05, 0) is 43.7 Å². The van der Waals surface area contributed by atoms with Crippen molar-refractivity contribution in [3.8, 4) is 11.5 Å². The van der Waals surface area contributed by atoms with Gasteiger partial charge in [0.05, 0.1) is 6.42 Å². The summed E-state index contributed by atoms with van der Waals surface area (Å²) in [5.41, 5.74) is 4.21. The van der Waals surface area contributed by atoms with Gasteiger partial charge < -0.3 is 19.3 Å². The van der Waals surface area contributed by atoms with Gasteiger partial charge in [-0.25, -0.2) is 0 Å². The molecule has 0 bridgehead atoms. The Morgan fingerprint density at radius 1 is 1.00 bits per heavy atom. The second-order valence-electron chi connectivity index (χ2n) is 6.84. The van der Waals surface area contributed by atoms with Crippen molar-refractivity contribution in [3.63, 3.8) is 0 Å². The Kier molecular flexibility index (Phi) is 4.41. The van der Waals surface area contributed by atoms with Crippen LogP contribution in [0, 0.1) is 13.8 Å². The molecule has 0 saturated carbocycles. The van der Waals surface area contributed by atoms with E-state index in [-0.39, 0.29) is 12.7 Å². The number of nitrogens with zero attached hydrogens (tertiary/aromatic N) is 3. The van der Waals surface area contributed by atoms with Gasteiger partial charge in [-0.3, -0.25) is 9.78 Å². The average molecular weight is 353 g/mol. The second-order valence-corrected chi connectivity index (χ2v) is 6.84. The summed E-state index contributed by atoms with van der Waals surface area (Å²) in [7, 11) is 0. The number of carbonyl (C=O) groups is 1. The van der Waals surface area contributed by atoms with E-state index in [1.165, 1.54) is 5.69 Å². The molecule has 1 amide bonds. The smallest absolute Gasteiger partial charge is 0.231 e. The highest BCUT2D eigenvalue weighted by Crippen LogP contribution is 2.32. The molecule has 0 N–H and O–H groups in total. The molecule has 1 aromatic heterocycles. The van der Waals surface area contributed by atoms with Gasteiger partial charge in [0, 0.05) is 43.3 Å². The second kappa shape index (κ2) is 6.86. The third kappa shape index (κ3) is 3.45. The molecular formula is C20H23N3O3. The number of carbonyl (C=O) groups excluding carboxylic acids is 1. The Labute approximate surface area is 153 Å². The van der Waals surface area contributed by atoms with E-state index in [2.05, 4.69) is 22.0 Å². The molecule has 2 aromatic rings. The molecule has 26 heavy (non-hydrogen) atoms. The van der Waals surface area contributed by atoms with Crippen molar-refractivity contribution in [1.82, 2.24) is 9.88 Å². The van der Waals surface area contributed by atoms with E-state index in [1.807, 2.05) is 36.9 Å². The first-order chi connectivity index (χ1) is 12.6. The van der Waals surface area contributed by atoms with Gasteiger partial charge in [-0.15, -0.1) is 0 Å². The van der Waals surface area contributed by atoms with E-state index in [0.717, 1.165) is 54.6 Å². The fourth-order valence-electron chi connectivity index (χ4n) is 3.55. The summed E-state index contributed by atoms with van der Waals surface area (Å²) in [5, 5.41) is 0. The normalized spacial score (nSPS) is 16.1. The zero-order valence-corrected chi connectivity index (χ0v) is 15.2. The number of piperazine rings is 1. The highest BCUT2D eigenvalue weighted by atomic mass is 16.7. The van der Waals surface area contributed by atoms with Gasteiger partial charge in [0.15, 0.2) is 11.5 Å². The van der Waals surface area contributed by atoms with Crippen LogP contribution in [0.25, 0.3) is 0 Å². The SMILES string of the molecule is Cc1cc(N2CCN(C(=O)Cc3ccc4c(c3)OCO4)CC2)cc(C)n1. The number of anilines is 1. The van der Waals surface area contributed by atoms with Crippen molar-refractivity contribution in [2.24, 2.45) is 0 Å². The van der Waals surface area contributed by atoms with E-state index in [1.54, 1.807) is 0 Å². The zero-order chi connectivity index (χ0) is 18.1. The van der Waals surface area contributed by atoms with Crippen LogP contribution in [-0.4, -0.2) is 48.8 Å². The van der Waals surface area contributed by atoms with Crippen LogP contribution in [0.4, 0.5) is 5.69 Å². The summed E-state index contributed by atoms with van der Waals surface area (Å²) >= 11 is 0. The molecule has 0 radical (unpaired) electrons. The van der Waals surface area contributed by atoms with Gasteiger partial charge >= 0.3 is 0 Å². The molecule has 1 saturated heterocycles. The van der Waals surface area contributed by atoms with Crippen molar-refractivity contribution in [2.45, 2.75) is 20.3 Å². The minimum Gasteiger partial charge on any atom is -0.454 e. The molecule has 1 fully saturated rings. The van der Waals surface area contributed by atoms with Crippen LogP contribution in [0.5, 0.6) is 11.5 Å². The monoisotopic (exact) mass is 353 g/mol. The van der Waals surface area contributed by atoms with Crippen LogP contribution in [0.2, 0.25) is 0 Å². The highest BCUT2D eigenvalue weighted by molar-refractivity contribution is 5.79. The van der Waals surface area contributed by atoms with E-state index < -0.39 is 0 Å². The Bertz CT molecular complexity index is 809. The molecule has 4 rings (SSSR count). The lowest BCUT2D eigenvalue weighted by molar-refractivity contribution is -0.130. The molecular weight excluding hydrogens is 330 g/mol. The summed E-state index contributed by atoms with van der Waals surface area (Å²) in [5.74, 6) is 1.63. The number of hydrogen-bond donors (Lipinski definition) is 0. The number of pyridine rings is 1. The lowest BCUT2D eigenvalue weighted by Gasteiger charge is -2.36. The predicted octanol–water partition coefficient (Wildman–Crippen LogP) is 2.32. The minimum absolute atomic E-state index is 0.158. The zero-order valence-electron chi connectivity index (χ0n) is 15.2. The fourth-order valence-corrected chi connectivity index (χ4v) is 3.55. The molecule has 3 heterocycles. The maximum absolute atomic E-state index is 12.6. The van der Waals surface area contributed by atoms with Gasteiger partial charge in [-0.1, -0.05) is 6.07 Å². The Balaban J connectivity index is 1.36. The number of aromatic nitrogens is 1. The number of amides is 1. The Morgan fingerprint density at radius 3 is 2.42 bits per heavy atom. The molecule has 2 aliphatic heterocycles. The number of rotatable bonds is 3. The summed E-state index contributed by atoms with van der Waals surface area (Å²) in [4.78, 5) is 21.3. The van der Waals surface area contributed by atoms with Crippen molar-refractivity contribution < 1.29 is 14.3 Å². The lowest BCUT2D eigenvalue weighted by Crippen LogP contribution is -2.49. The fraction of sp³-hybridized carbons (Fsp3) is 0.400. The molecule has 136 valence electrons. The van der Waals surface area contributed by atoms with E-state index in [4.69, 9.17) is 9.47 Å². The first kappa shape index (κ1) is 16.7. The maximum Gasteiger partial charge on any atom is 0.231 e. The van der Waals surface area contributed by atoms with Crippen LogP contribution >= 0.6 is 0 Å². The number of ether oxygens (including phenoxy) is 2. The molecule has 0 spiro atoms. The van der Waals surface area contributed by atoms with Crippen LogP contribution in [-0.2, 0) is 11.2 Å². The number of aryl methyl sites for hydroxylation is 2. The highest BCUT2D eigenvalue weighted by Gasteiger charge is 2.22. The van der Waals surface area contributed by atoms with E-state index in [0.29, 0.717) is 6.42 Å². The summed E-state index contributed by atoms with van der Waals surface area (Å²) in [6.07, 6.45) is 0.393. The summed E-state index contributed by atoms with van der Waals surface area (Å²) in [6, 6.07) is 9.92. The van der Waals surface area contributed by atoms with Gasteiger partial charge in [0.1, 0.15) is 0 Å². The largest absolute Gasteiger partial charge is 0.454 e. The molecule has 6 heteroatoms. The van der Waals surface area contributed by atoms with Gasteiger partial charge in [-0.2, -0.15) is 0 Å². The van der Waals surface area contributed by atoms with E-state index in [9.17, 15) is 4.79 Å². The molecule has 0 unspecified atom stereocenters. The number of hydrogen-bond acceptors (Lipinski definition) is 5. The predicted molar refractivity (Wildman–Crippen MR) is 98.8 cm³/mol. The third-order valence-electron chi connectivity index (χ3n) is 4.86. The Morgan fingerprint density at radius 2 is 1.69 bits per heavy atom.